The van der Waals surface area contributed by atoms with Gasteiger partial charge in [0.15, 0.2) is 0 Å². The second kappa shape index (κ2) is 8.63. The maximum absolute atomic E-state index is 12.7. The molecule has 0 radical (unpaired) electrons. The Bertz CT molecular complexity index is 528. The number of hydrogen-bond donors (Lipinski definition) is 2. The van der Waals surface area contributed by atoms with Crippen molar-refractivity contribution >= 4 is 11.6 Å². The highest BCUT2D eigenvalue weighted by atomic mass is 16.2. The average molecular weight is 332 g/mol. The first-order valence-electron chi connectivity index (χ1n) is 9.24. The molecule has 2 N–H and O–H groups in total. The molecule has 2 rings (SSSR count). The zero-order valence-corrected chi connectivity index (χ0v) is 15.9. The third-order valence-corrected chi connectivity index (χ3v) is 4.92. The van der Waals surface area contributed by atoms with Gasteiger partial charge in [-0.1, -0.05) is 45.9 Å². The molecule has 1 atom stereocenters. The number of carbonyl (C=O) groups excluding carboxylic acids is 1. The van der Waals surface area contributed by atoms with Crippen molar-refractivity contribution in [2.75, 3.05) is 32.0 Å². The molecule has 1 aromatic rings. The molecule has 0 saturated carbocycles. The molecule has 0 spiro atoms. The van der Waals surface area contributed by atoms with Gasteiger partial charge in [0.05, 0.1) is 6.54 Å². The molecule has 134 valence electrons. The smallest absolute Gasteiger partial charge is 0.238 e. The number of anilines is 1. The van der Waals surface area contributed by atoms with Gasteiger partial charge in [-0.25, -0.2) is 0 Å². The van der Waals surface area contributed by atoms with E-state index in [0.29, 0.717) is 24.4 Å². The Morgan fingerprint density at radius 1 is 1.21 bits per heavy atom. The maximum atomic E-state index is 12.7. The molecule has 1 aromatic carbocycles. The monoisotopic (exact) mass is 331 g/mol. The van der Waals surface area contributed by atoms with E-state index in [1.165, 1.54) is 17.5 Å². The van der Waals surface area contributed by atoms with Crippen molar-refractivity contribution in [1.82, 2.24) is 10.2 Å². The van der Waals surface area contributed by atoms with Crippen molar-refractivity contribution in [2.45, 2.75) is 58.4 Å². The number of likely N-dealkylation sites (tertiary alicyclic amines) is 1. The molecule has 0 bridgehead atoms. The van der Waals surface area contributed by atoms with Crippen LogP contribution in [0.15, 0.2) is 18.2 Å². The second-order valence-corrected chi connectivity index (χ2v) is 7.53. The summed E-state index contributed by atoms with van der Waals surface area (Å²) in [6.45, 7) is 11.1. The van der Waals surface area contributed by atoms with Crippen LogP contribution in [0.3, 0.4) is 0 Å². The van der Waals surface area contributed by atoms with E-state index in [1.807, 2.05) is 7.05 Å². The van der Waals surface area contributed by atoms with E-state index in [-0.39, 0.29) is 5.91 Å². The predicted molar refractivity (Wildman–Crippen MR) is 102 cm³/mol. The van der Waals surface area contributed by atoms with Crippen molar-refractivity contribution in [2.24, 2.45) is 0 Å². The zero-order valence-electron chi connectivity index (χ0n) is 15.9. The van der Waals surface area contributed by atoms with Gasteiger partial charge in [-0.2, -0.15) is 0 Å². The first-order chi connectivity index (χ1) is 11.4. The van der Waals surface area contributed by atoms with Crippen LogP contribution in [-0.2, 0) is 4.79 Å². The Hall–Kier alpha value is -1.39. The van der Waals surface area contributed by atoms with Crippen LogP contribution >= 0.6 is 0 Å². The highest BCUT2D eigenvalue weighted by Crippen LogP contribution is 2.32. The zero-order chi connectivity index (χ0) is 17.7. The summed E-state index contributed by atoms with van der Waals surface area (Å²) in [6.07, 6.45) is 2.35. The molecule has 1 saturated heterocycles. The largest absolute Gasteiger partial charge is 0.324 e. The molecule has 0 aliphatic carbocycles. The van der Waals surface area contributed by atoms with Gasteiger partial charge in [-0.15, -0.1) is 0 Å². The molecule has 4 heteroatoms. The first-order valence-corrected chi connectivity index (χ1v) is 9.24. The number of piperidine rings is 1. The highest BCUT2D eigenvalue weighted by Gasteiger charge is 2.22. The number of hydrogen-bond acceptors (Lipinski definition) is 3. The topological polar surface area (TPSA) is 44.4 Å². The minimum atomic E-state index is 0.0988. The van der Waals surface area contributed by atoms with Crippen LogP contribution in [-0.4, -0.2) is 43.5 Å². The number of rotatable bonds is 6. The molecular formula is C20H33N3O. The average Bonchev–Trinajstić information content (AvgIpc) is 2.54. The van der Waals surface area contributed by atoms with Crippen molar-refractivity contribution in [3.05, 3.63) is 29.3 Å². The molecule has 1 unspecified atom stereocenters. The Labute approximate surface area is 147 Å². The van der Waals surface area contributed by atoms with E-state index in [0.717, 1.165) is 25.2 Å². The fraction of sp³-hybridized carbons (Fsp3) is 0.650. The molecule has 1 aliphatic rings. The van der Waals surface area contributed by atoms with Crippen molar-refractivity contribution in [3.8, 4) is 0 Å². The van der Waals surface area contributed by atoms with Crippen LogP contribution in [0.5, 0.6) is 0 Å². The van der Waals surface area contributed by atoms with E-state index in [2.05, 4.69) is 61.4 Å². The van der Waals surface area contributed by atoms with Gasteiger partial charge in [-0.3, -0.25) is 9.69 Å². The molecule has 4 nitrogen and oxygen atoms in total. The summed E-state index contributed by atoms with van der Waals surface area (Å²) in [6, 6.07) is 6.86. The number of amides is 1. The lowest BCUT2D eigenvalue weighted by molar-refractivity contribution is -0.117. The fourth-order valence-electron chi connectivity index (χ4n) is 3.51. The second-order valence-electron chi connectivity index (χ2n) is 7.53. The van der Waals surface area contributed by atoms with Crippen LogP contribution in [0, 0.1) is 0 Å². The van der Waals surface area contributed by atoms with Crippen LogP contribution in [0.2, 0.25) is 0 Å². The number of nitrogens with one attached hydrogen (secondary N) is 2. The fourth-order valence-corrected chi connectivity index (χ4v) is 3.51. The van der Waals surface area contributed by atoms with Gasteiger partial charge in [-0.05, 0) is 49.4 Å². The molecule has 1 fully saturated rings. The predicted octanol–water partition coefficient (Wildman–Crippen LogP) is 3.56. The quantitative estimate of drug-likeness (QED) is 0.838. The van der Waals surface area contributed by atoms with Crippen LogP contribution in [0.25, 0.3) is 0 Å². The number of benzene rings is 1. The molecule has 1 heterocycles. The van der Waals surface area contributed by atoms with E-state index >= 15 is 0 Å². The lowest BCUT2D eigenvalue weighted by Crippen LogP contribution is -2.47. The van der Waals surface area contributed by atoms with Crippen LogP contribution in [0.1, 0.15) is 63.5 Å². The number of likely N-dealkylation sites (N-methyl/N-ethyl adjacent to an activating group) is 1. The summed E-state index contributed by atoms with van der Waals surface area (Å²) >= 11 is 0. The first kappa shape index (κ1) is 18.9. The summed E-state index contributed by atoms with van der Waals surface area (Å²) in [4.78, 5) is 14.9. The Balaban J connectivity index is 2.10. The Morgan fingerprint density at radius 2 is 1.83 bits per heavy atom. The third-order valence-electron chi connectivity index (χ3n) is 4.92. The van der Waals surface area contributed by atoms with E-state index in [9.17, 15) is 4.79 Å². The summed E-state index contributed by atoms with van der Waals surface area (Å²) in [5.74, 6) is 0.882. The van der Waals surface area contributed by atoms with E-state index in [4.69, 9.17) is 0 Å². The lowest BCUT2D eigenvalue weighted by Gasteiger charge is -2.32. The van der Waals surface area contributed by atoms with Crippen LogP contribution < -0.4 is 10.6 Å². The van der Waals surface area contributed by atoms with Gasteiger partial charge < -0.3 is 10.6 Å². The summed E-state index contributed by atoms with van der Waals surface area (Å²) < 4.78 is 0. The molecule has 1 amide bonds. The number of para-hydroxylation sites is 1. The van der Waals surface area contributed by atoms with Gasteiger partial charge in [0, 0.05) is 18.3 Å². The normalized spacial score (nSPS) is 19.0. The van der Waals surface area contributed by atoms with E-state index < -0.39 is 0 Å². The van der Waals surface area contributed by atoms with Gasteiger partial charge >= 0.3 is 0 Å². The van der Waals surface area contributed by atoms with Crippen molar-refractivity contribution in [1.29, 1.82) is 0 Å². The number of nitrogens with zero attached hydrogens (tertiary/aromatic N) is 1. The van der Waals surface area contributed by atoms with Crippen LogP contribution in [0.4, 0.5) is 5.69 Å². The van der Waals surface area contributed by atoms with Crippen molar-refractivity contribution < 1.29 is 4.79 Å². The Kier molecular flexibility index (Phi) is 6.81. The molecule has 24 heavy (non-hydrogen) atoms. The highest BCUT2D eigenvalue weighted by molar-refractivity contribution is 5.94. The standard InChI is InChI=1S/C20H33N3O/c1-14(2)17-9-6-10-18(15(3)4)20(17)22-19(24)13-23-11-7-8-16(12-23)21-5/h6,9-10,14-16,21H,7-8,11-13H2,1-5H3,(H,22,24). The minimum absolute atomic E-state index is 0.0988. The molecular weight excluding hydrogens is 298 g/mol. The van der Waals surface area contributed by atoms with E-state index in [1.54, 1.807) is 0 Å². The maximum Gasteiger partial charge on any atom is 0.238 e. The molecule has 1 aliphatic heterocycles. The number of carbonyl (C=O) groups is 1. The Morgan fingerprint density at radius 3 is 2.38 bits per heavy atom. The van der Waals surface area contributed by atoms with Crippen molar-refractivity contribution in [3.63, 3.8) is 0 Å². The SMILES string of the molecule is CNC1CCCN(CC(=O)Nc2c(C(C)C)cccc2C(C)C)C1. The molecule has 0 aromatic heterocycles. The third kappa shape index (κ3) is 4.81. The lowest BCUT2D eigenvalue weighted by atomic mass is 9.92. The summed E-state index contributed by atoms with van der Waals surface area (Å²) in [7, 11) is 2.00. The minimum Gasteiger partial charge on any atom is -0.324 e. The summed E-state index contributed by atoms with van der Waals surface area (Å²) in [5.41, 5.74) is 3.47. The summed E-state index contributed by atoms with van der Waals surface area (Å²) in [5, 5.41) is 6.55. The van der Waals surface area contributed by atoms with Gasteiger partial charge in [0.25, 0.3) is 0 Å². The van der Waals surface area contributed by atoms with Gasteiger partial charge in [0.1, 0.15) is 0 Å². The van der Waals surface area contributed by atoms with Gasteiger partial charge in [0.2, 0.25) is 5.91 Å².